The normalized spacial score (nSPS) is 51.1. The van der Waals surface area contributed by atoms with E-state index in [1.165, 1.54) is 0 Å². The van der Waals surface area contributed by atoms with Crippen LogP contribution in [0.3, 0.4) is 0 Å². The van der Waals surface area contributed by atoms with Crippen LogP contribution in [0.25, 0.3) is 0 Å². The van der Waals surface area contributed by atoms with Gasteiger partial charge in [0.05, 0.1) is 37.6 Å². The van der Waals surface area contributed by atoms with Gasteiger partial charge in [0, 0.05) is 6.92 Å². The Balaban J connectivity index is 1.04. The number of rotatable bonds is 16. The molecular formula is C55H92O23. The number of allylic oxidation sites excluding steroid dienone is 2. The number of carbonyl (C=O) groups is 1. The molecule has 4 aliphatic carbocycles. The van der Waals surface area contributed by atoms with E-state index in [9.17, 15) is 71.2 Å². The van der Waals surface area contributed by atoms with Gasteiger partial charge in [-0.25, -0.2) is 0 Å². The summed E-state index contributed by atoms with van der Waals surface area (Å²) in [6.45, 7) is 16.1. The van der Waals surface area contributed by atoms with Crippen molar-refractivity contribution in [2.75, 3.05) is 26.4 Å². The Morgan fingerprint density at radius 3 is 1.78 bits per heavy atom. The summed E-state index contributed by atoms with van der Waals surface area (Å²) in [5.74, 6) is -1.20. The number of aliphatic hydroxyl groups excluding tert-OH is 13. The first-order valence-electron chi connectivity index (χ1n) is 28.2. The molecule has 0 spiro atoms. The van der Waals surface area contributed by atoms with Crippen molar-refractivity contribution >= 4 is 5.97 Å². The minimum Gasteiger partial charge on any atom is -0.463 e. The topological polar surface area (TPSA) is 363 Å². The zero-order valence-electron chi connectivity index (χ0n) is 46.6. The van der Waals surface area contributed by atoms with E-state index in [4.69, 9.17) is 42.6 Å². The Morgan fingerprint density at radius 1 is 0.603 bits per heavy atom. The summed E-state index contributed by atoms with van der Waals surface area (Å²) in [6, 6.07) is 0. The molecule has 23 heteroatoms. The lowest BCUT2D eigenvalue weighted by Gasteiger charge is -2.71. The molecule has 4 saturated carbocycles. The molecule has 0 unspecified atom stereocenters. The van der Waals surface area contributed by atoms with E-state index >= 15 is 0 Å². The number of hydrogen-bond donors (Lipinski definition) is 13. The highest BCUT2D eigenvalue weighted by Crippen LogP contribution is 2.76. The lowest BCUT2D eigenvalue weighted by molar-refractivity contribution is -0.379. The Morgan fingerprint density at radius 2 is 1.17 bits per heavy atom. The van der Waals surface area contributed by atoms with Crippen LogP contribution in [0.2, 0.25) is 0 Å². The van der Waals surface area contributed by atoms with Crippen molar-refractivity contribution in [3.8, 4) is 0 Å². The highest BCUT2D eigenvalue weighted by molar-refractivity contribution is 5.65. The van der Waals surface area contributed by atoms with Crippen LogP contribution >= 0.6 is 0 Å². The van der Waals surface area contributed by atoms with Gasteiger partial charge < -0.3 is 109 Å². The number of hydrogen-bond acceptors (Lipinski definition) is 23. The van der Waals surface area contributed by atoms with Gasteiger partial charge in [0.25, 0.3) is 0 Å². The molecule has 13 N–H and O–H groups in total. The van der Waals surface area contributed by atoms with Crippen molar-refractivity contribution < 1.29 is 114 Å². The minimum atomic E-state index is -1.85. The highest BCUT2D eigenvalue weighted by atomic mass is 16.8. The zero-order valence-corrected chi connectivity index (χ0v) is 46.6. The Hall–Kier alpha value is -1.63. The Labute approximate surface area is 456 Å². The van der Waals surface area contributed by atoms with Gasteiger partial charge in [-0.15, -0.1) is 0 Å². The van der Waals surface area contributed by atoms with Crippen molar-refractivity contribution in [2.45, 2.75) is 255 Å². The van der Waals surface area contributed by atoms with Crippen LogP contribution in [0.4, 0.5) is 0 Å². The predicted octanol–water partition coefficient (Wildman–Crippen LogP) is -0.993. The van der Waals surface area contributed by atoms with Gasteiger partial charge in [-0.3, -0.25) is 4.79 Å². The summed E-state index contributed by atoms with van der Waals surface area (Å²) in [7, 11) is 0. The van der Waals surface area contributed by atoms with Gasteiger partial charge in [0.15, 0.2) is 25.2 Å². The van der Waals surface area contributed by atoms with Gasteiger partial charge >= 0.3 is 5.97 Å². The van der Waals surface area contributed by atoms with Crippen LogP contribution < -0.4 is 0 Å². The second-order valence-electron chi connectivity index (χ2n) is 25.9. The SMILES string of the molecule is CC(=O)OC[C@H]1O[C@@H](O[C@H]2[C@H](O[C@H]3CC[C@]4(C)[C@H]5C[C@@H](O)[C@@H]6[C@@H]([C@](C)(CCC=C(C)C)O[C@@H]7O[C@H](CO)[C@@H](O)[C@H](O)[C@H]7O[C@@H]7OC[C@H](O)[C@H](O)[C@H]7O)CC[C@@]6(C)[C@]5(C)CC[C@H]4C3(C)C)O[C@H](CO)[C@@H](O)[C@@H]2O)[C@H](O)[C@@H](O)[C@@H]1O. The third kappa shape index (κ3) is 11.2. The second kappa shape index (κ2) is 23.8. The van der Waals surface area contributed by atoms with Crippen LogP contribution in [-0.4, -0.2) is 233 Å². The van der Waals surface area contributed by atoms with Crippen molar-refractivity contribution in [1.29, 1.82) is 0 Å². The molecule has 23 nitrogen and oxygen atoms in total. The molecule has 450 valence electrons. The highest BCUT2D eigenvalue weighted by Gasteiger charge is 2.72. The summed E-state index contributed by atoms with van der Waals surface area (Å²) in [5, 5.41) is 143. The molecule has 78 heavy (non-hydrogen) atoms. The lowest BCUT2D eigenvalue weighted by Crippen LogP contribution is -2.68. The van der Waals surface area contributed by atoms with Crippen molar-refractivity contribution in [1.82, 2.24) is 0 Å². The summed E-state index contributed by atoms with van der Waals surface area (Å²) < 4.78 is 54.9. The molecular weight excluding hydrogens is 1030 g/mol. The number of esters is 1. The van der Waals surface area contributed by atoms with E-state index in [2.05, 4.69) is 40.7 Å². The van der Waals surface area contributed by atoms with Crippen molar-refractivity contribution in [2.24, 2.45) is 45.3 Å². The van der Waals surface area contributed by atoms with E-state index in [0.29, 0.717) is 38.5 Å². The predicted molar refractivity (Wildman–Crippen MR) is 270 cm³/mol. The lowest BCUT2D eigenvalue weighted by atomic mass is 9.35. The molecule has 8 rings (SSSR count). The third-order valence-electron chi connectivity index (χ3n) is 20.8. The van der Waals surface area contributed by atoms with E-state index in [1.54, 1.807) is 0 Å². The first-order chi connectivity index (χ1) is 36.5. The molecule has 0 radical (unpaired) electrons. The number of aliphatic hydroxyl groups is 13. The second-order valence-corrected chi connectivity index (χ2v) is 25.9. The summed E-state index contributed by atoms with van der Waals surface area (Å²) >= 11 is 0. The maximum Gasteiger partial charge on any atom is 0.302 e. The Kier molecular flexibility index (Phi) is 19.0. The van der Waals surface area contributed by atoms with Gasteiger partial charge in [0.2, 0.25) is 0 Å². The molecule has 4 saturated heterocycles. The molecule has 4 aliphatic heterocycles. The molecule has 8 fully saturated rings. The molecule has 0 amide bonds. The van der Waals surface area contributed by atoms with Crippen LogP contribution in [0, 0.1) is 45.3 Å². The van der Waals surface area contributed by atoms with E-state index < -0.39 is 171 Å². The molecule has 8 aliphatic rings. The third-order valence-corrected chi connectivity index (χ3v) is 20.8. The number of carbonyl (C=O) groups excluding carboxylic acids is 1. The molecule has 0 aromatic heterocycles. The monoisotopic (exact) mass is 1120 g/mol. The largest absolute Gasteiger partial charge is 0.463 e. The maximum absolute atomic E-state index is 12.9. The van der Waals surface area contributed by atoms with Gasteiger partial charge in [-0.1, -0.05) is 46.3 Å². The van der Waals surface area contributed by atoms with Gasteiger partial charge in [-0.2, -0.15) is 0 Å². The molecule has 29 atom stereocenters. The van der Waals surface area contributed by atoms with Crippen LogP contribution in [0.5, 0.6) is 0 Å². The Bertz CT molecular complexity index is 2060. The average molecular weight is 1120 g/mol. The molecule has 0 bridgehead atoms. The number of ether oxygens (including phenoxy) is 9. The molecule has 0 aromatic carbocycles. The minimum absolute atomic E-state index is 0.0241. The van der Waals surface area contributed by atoms with Crippen LogP contribution in [0.1, 0.15) is 120 Å². The van der Waals surface area contributed by atoms with E-state index in [-0.39, 0.29) is 41.1 Å². The first-order valence-corrected chi connectivity index (χ1v) is 28.2. The zero-order chi connectivity index (χ0) is 57.4. The van der Waals surface area contributed by atoms with E-state index in [0.717, 1.165) is 31.8 Å². The fraction of sp³-hybridized carbons (Fsp3) is 0.945. The number of fused-ring (bicyclic) bond motifs is 5. The maximum atomic E-state index is 12.9. The fourth-order valence-corrected chi connectivity index (χ4v) is 16.2. The smallest absolute Gasteiger partial charge is 0.302 e. The quantitative estimate of drug-likeness (QED) is 0.0501. The van der Waals surface area contributed by atoms with E-state index in [1.807, 2.05) is 20.8 Å². The molecule has 0 aromatic rings. The summed E-state index contributed by atoms with van der Waals surface area (Å²) in [6.07, 6.45) is -23.5. The first kappa shape index (κ1) is 62.4. The van der Waals surface area contributed by atoms with Crippen LogP contribution in [0.15, 0.2) is 11.6 Å². The molecule has 4 heterocycles. The summed E-state index contributed by atoms with van der Waals surface area (Å²) in [4.78, 5) is 11.6. The fourth-order valence-electron chi connectivity index (χ4n) is 16.2. The summed E-state index contributed by atoms with van der Waals surface area (Å²) in [5.41, 5.74) is -1.65. The average Bonchev–Trinajstić information content (AvgIpc) is 3.96. The van der Waals surface area contributed by atoms with Gasteiger partial charge in [-0.05, 0) is 124 Å². The van der Waals surface area contributed by atoms with Crippen molar-refractivity contribution in [3.05, 3.63) is 11.6 Å². The van der Waals surface area contributed by atoms with Gasteiger partial charge in [0.1, 0.15) is 98.2 Å². The standard InChI is InChI=1S/C55H92O23/c1-24(2)11-10-15-55(9,78-50-46(42(67)38(63)30(21-57)73-50)76-47-43(68)36(61)28(60)22-71-47)26-12-17-54(8)35(26)27(59)19-33-52(6)16-14-34(51(4,5)32(52)13-18-53(33,54)7)75-49-45(41(66)37(62)29(20-56)72-49)77-48-44(69)40(65)39(64)31(74-48)23-70-25(3)58/h11,26-50,56-57,59-69H,10,12-23H2,1-9H3/t26-,27+,28-,29+,30+,31+,32-,33+,34-,35-,36-,37+,38+,39+,40-,41-,42-,43+,44+,45+,46+,47-,48-,49-,50-,52-,53+,54+,55-/m0/s1. The van der Waals surface area contributed by atoms with Crippen molar-refractivity contribution in [3.63, 3.8) is 0 Å². The van der Waals surface area contributed by atoms with Crippen LogP contribution in [-0.2, 0) is 47.4 Å².